The smallest absolute Gasteiger partial charge is 0.264 e. The van der Waals surface area contributed by atoms with Gasteiger partial charge in [-0.2, -0.15) is 0 Å². The zero-order valence-electron chi connectivity index (χ0n) is 23.9. The van der Waals surface area contributed by atoms with Crippen LogP contribution in [0.4, 0.5) is 10.1 Å². The summed E-state index contributed by atoms with van der Waals surface area (Å²) in [5, 5.41) is 2.93. The van der Waals surface area contributed by atoms with Crippen LogP contribution in [0.25, 0.3) is 0 Å². The normalized spacial score (nSPS) is 12.5. The van der Waals surface area contributed by atoms with Gasteiger partial charge in [-0.25, -0.2) is 12.8 Å². The molecule has 3 rings (SSSR count). The molecule has 9 heteroatoms. The Balaban J connectivity index is 2.08. The summed E-state index contributed by atoms with van der Waals surface area (Å²) in [7, 11) is -4.34. The van der Waals surface area contributed by atoms with Crippen LogP contribution in [-0.4, -0.2) is 43.3 Å². The van der Waals surface area contributed by atoms with Gasteiger partial charge in [0.15, 0.2) is 0 Å². The molecule has 1 N–H and O–H groups in total. The molecule has 0 aromatic heterocycles. The fourth-order valence-electron chi connectivity index (χ4n) is 4.27. The highest BCUT2D eigenvalue weighted by Crippen LogP contribution is 2.27. The average molecular weight is 568 g/mol. The molecule has 1 unspecified atom stereocenters. The number of anilines is 1. The van der Waals surface area contributed by atoms with Crippen LogP contribution in [0, 0.1) is 19.7 Å². The minimum atomic E-state index is -4.34. The highest BCUT2D eigenvalue weighted by atomic mass is 32.2. The highest BCUT2D eigenvalue weighted by Gasteiger charge is 2.35. The van der Waals surface area contributed by atoms with E-state index >= 15 is 4.39 Å². The molecule has 0 aliphatic carbocycles. The number of halogens is 1. The van der Waals surface area contributed by atoms with Crippen LogP contribution in [0.5, 0.6) is 0 Å². The molecule has 0 radical (unpaired) electrons. The molecule has 3 aromatic rings. The Labute approximate surface area is 237 Å². The second-order valence-corrected chi connectivity index (χ2v) is 12.8. The molecular weight excluding hydrogens is 529 g/mol. The van der Waals surface area contributed by atoms with Crippen molar-refractivity contribution in [1.29, 1.82) is 0 Å². The Hall–Kier alpha value is -3.72. The second kappa shape index (κ2) is 12.6. The summed E-state index contributed by atoms with van der Waals surface area (Å²) < 4.78 is 43.5. The van der Waals surface area contributed by atoms with Crippen molar-refractivity contribution in [1.82, 2.24) is 10.2 Å². The summed E-state index contributed by atoms with van der Waals surface area (Å²) in [5.74, 6) is -1.77. The number of benzene rings is 3. The minimum absolute atomic E-state index is 0.0724. The maximum atomic E-state index is 15.0. The first kappa shape index (κ1) is 30.8. The topological polar surface area (TPSA) is 86.8 Å². The van der Waals surface area contributed by atoms with E-state index in [0.29, 0.717) is 6.42 Å². The first-order chi connectivity index (χ1) is 18.7. The van der Waals surface area contributed by atoms with E-state index < -0.39 is 39.9 Å². The fraction of sp³-hybridized carbons (Fsp3) is 0.355. The Morgan fingerprint density at radius 1 is 0.900 bits per heavy atom. The van der Waals surface area contributed by atoms with Crippen molar-refractivity contribution in [3.63, 3.8) is 0 Å². The van der Waals surface area contributed by atoms with Crippen molar-refractivity contribution >= 4 is 27.5 Å². The van der Waals surface area contributed by atoms with Crippen molar-refractivity contribution in [3.05, 3.63) is 95.3 Å². The predicted molar refractivity (Wildman–Crippen MR) is 156 cm³/mol. The number of carbonyl (C=O) groups excluding carboxylic acids is 2. The number of hydrogen-bond donors (Lipinski definition) is 1. The number of sulfonamides is 1. The summed E-state index contributed by atoms with van der Waals surface area (Å²) in [4.78, 5) is 28.7. The quantitative estimate of drug-likeness (QED) is 0.357. The summed E-state index contributed by atoms with van der Waals surface area (Å²) in [6.07, 6.45) is 0.296. The summed E-state index contributed by atoms with van der Waals surface area (Å²) >= 11 is 0. The van der Waals surface area contributed by atoms with Gasteiger partial charge in [0.2, 0.25) is 11.8 Å². The van der Waals surface area contributed by atoms with E-state index in [1.54, 1.807) is 19.1 Å². The van der Waals surface area contributed by atoms with Gasteiger partial charge >= 0.3 is 0 Å². The number of amides is 2. The largest absolute Gasteiger partial charge is 0.350 e. The van der Waals surface area contributed by atoms with E-state index in [0.717, 1.165) is 27.1 Å². The summed E-state index contributed by atoms with van der Waals surface area (Å²) in [5.41, 5.74) is 1.87. The lowest BCUT2D eigenvalue weighted by atomic mass is 10.1. The van der Waals surface area contributed by atoms with Crippen molar-refractivity contribution in [2.75, 3.05) is 10.8 Å². The average Bonchev–Trinajstić information content (AvgIpc) is 2.88. The van der Waals surface area contributed by atoms with E-state index in [4.69, 9.17) is 0 Å². The lowest BCUT2D eigenvalue weighted by Gasteiger charge is -2.34. The zero-order valence-corrected chi connectivity index (χ0v) is 24.8. The van der Waals surface area contributed by atoms with Crippen LogP contribution < -0.4 is 9.62 Å². The monoisotopic (exact) mass is 567 g/mol. The van der Waals surface area contributed by atoms with Gasteiger partial charge in [-0.3, -0.25) is 13.9 Å². The van der Waals surface area contributed by atoms with Gasteiger partial charge in [-0.1, -0.05) is 66.6 Å². The number of rotatable bonds is 10. The SMILES string of the molecule is CCC(C(=O)NC(C)(C)C)N(Cc1ccc(C)cc1)C(=O)CN(c1ccccc1F)S(=O)(=O)c1ccc(C)cc1. The predicted octanol–water partition coefficient (Wildman–Crippen LogP) is 5.36. The molecule has 0 heterocycles. The van der Waals surface area contributed by atoms with Crippen LogP contribution in [0.1, 0.15) is 50.8 Å². The zero-order chi connectivity index (χ0) is 29.7. The lowest BCUT2D eigenvalue weighted by Crippen LogP contribution is -2.55. The van der Waals surface area contributed by atoms with Gasteiger partial charge in [0.1, 0.15) is 18.4 Å². The number of hydrogen-bond acceptors (Lipinski definition) is 4. The summed E-state index contributed by atoms with van der Waals surface area (Å²) in [6.45, 7) is 10.5. The second-order valence-electron chi connectivity index (χ2n) is 10.9. The third kappa shape index (κ3) is 7.69. The third-order valence-electron chi connectivity index (χ3n) is 6.37. The molecule has 0 saturated carbocycles. The van der Waals surface area contributed by atoms with Crippen LogP contribution >= 0.6 is 0 Å². The van der Waals surface area contributed by atoms with Gasteiger partial charge in [0.25, 0.3) is 10.0 Å². The van der Waals surface area contributed by atoms with Gasteiger partial charge < -0.3 is 10.2 Å². The van der Waals surface area contributed by atoms with Crippen LogP contribution in [-0.2, 0) is 26.2 Å². The van der Waals surface area contributed by atoms with Crippen molar-refractivity contribution in [3.8, 4) is 0 Å². The molecule has 0 spiro atoms. The van der Waals surface area contributed by atoms with Gasteiger partial charge in [-0.15, -0.1) is 0 Å². The first-order valence-electron chi connectivity index (χ1n) is 13.2. The molecule has 40 heavy (non-hydrogen) atoms. The molecule has 0 saturated heterocycles. The Morgan fingerprint density at radius 2 is 1.45 bits per heavy atom. The Bertz CT molecular complexity index is 1430. The first-order valence-corrected chi connectivity index (χ1v) is 14.7. The molecule has 0 aliphatic rings. The molecule has 0 aliphatic heterocycles. The van der Waals surface area contributed by atoms with E-state index in [1.807, 2.05) is 58.9 Å². The highest BCUT2D eigenvalue weighted by molar-refractivity contribution is 7.92. The van der Waals surface area contributed by atoms with Gasteiger partial charge in [0.05, 0.1) is 10.6 Å². The van der Waals surface area contributed by atoms with Crippen LogP contribution in [0.15, 0.2) is 77.7 Å². The standard InChI is InChI=1S/C31H38FN3O4S/c1-7-27(30(37)33-31(4,5)6)34(20-24-16-12-22(2)13-17-24)29(36)21-35(28-11-9-8-10-26(28)32)40(38,39)25-18-14-23(3)15-19-25/h8-19,27H,7,20-21H2,1-6H3,(H,33,37). The molecular formula is C31H38FN3O4S. The molecule has 2 amide bonds. The van der Waals surface area contributed by atoms with Crippen molar-refractivity contribution < 1.29 is 22.4 Å². The Morgan fingerprint density at radius 3 is 1.98 bits per heavy atom. The molecule has 3 aromatic carbocycles. The molecule has 1 atom stereocenters. The van der Waals surface area contributed by atoms with E-state index in [2.05, 4.69) is 5.32 Å². The summed E-state index contributed by atoms with van der Waals surface area (Å²) in [6, 6.07) is 18.2. The lowest BCUT2D eigenvalue weighted by molar-refractivity contribution is -0.141. The molecule has 0 fully saturated rings. The van der Waals surface area contributed by atoms with Crippen molar-refractivity contribution in [2.24, 2.45) is 0 Å². The van der Waals surface area contributed by atoms with E-state index in [9.17, 15) is 18.0 Å². The maximum Gasteiger partial charge on any atom is 0.264 e. The Kier molecular flexibility index (Phi) is 9.73. The van der Waals surface area contributed by atoms with Gasteiger partial charge in [0, 0.05) is 12.1 Å². The third-order valence-corrected chi connectivity index (χ3v) is 8.14. The number of carbonyl (C=O) groups is 2. The molecule has 0 bridgehead atoms. The van der Waals surface area contributed by atoms with Crippen molar-refractivity contribution in [2.45, 2.75) is 71.0 Å². The number of nitrogens with zero attached hydrogens (tertiary/aromatic N) is 2. The maximum absolute atomic E-state index is 15.0. The number of para-hydroxylation sites is 1. The van der Waals surface area contributed by atoms with E-state index in [1.165, 1.54) is 35.2 Å². The molecule has 7 nitrogen and oxygen atoms in total. The van der Waals surface area contributed by atoms with Gasteiger partial charge in [-0.05, 0) is 70.9 Å². The number of aryl methyl sites for hydroxylation is 2. The number of nitrogens with one attached hydrogen (secondary N) is 1. The van der Waals surface area contributed by atoms with Crippen LogP contribution in [0.3, 0.4) is 0 Å². The van der Waals surface area contributed by atoms with E-state index in [-0.39, 0.29) is 23.0 Å². The molecule has 214 valence electrons. The fourth-order valence-corrected chi connectivity index (χ4v) is 5.69. The minimum Gasteiger partial charge on any atom is -0.350 e. The van der Waals surface area contributed by atoms with Crippen LogP contribution in [0.2, 0.25) is 0 Å².